The molecule has 1 aliphatic heterocycles. The Labute approximate surface area is 112 Å². The first-order valence-electron chi connectivity index (χ1n) is 7.48. The molecule has 2 fully saturated rings. The monoisotopic (exact) mass is 254 g/mol. The summed E-state index contributed by atoms with van der Waals surface area (Å²) < 4.78 is 5.87. The smallest absolute Gasteiger partial charge is 0.0678 e. The molecule has 3 nitrogen and oxygen atoms in total. The van der Waals surface area contributed by atoms with Crippen LogP contribution in [0, 0.1) is 5.41 Å². The molecule has 0 radical (unpaired) electrons. The summed E-state index contributed by atoms with van der Waals surface area (Å²) in [7, 11) is 2.11. The zero-order valence-corrected chi connectivity index (χ0v) is 12.7. The average Bonchev–Trinajstić information content (AvgIpc) is 2.26. The number of hydrogen-bond acceptors (Lipinski definition) is 3. The predicted molar refractivity (Wildman–Crippen MR) is 75.8 cm³/mol. The summed E-state index contributed by atoms with van der Waals surface area (Å²) >= 11 is 0. The number of likely N-dealkylation sites (N-methyl/N-ethyl adjacent to an activating group) is 1. The van der Waals surface area contributed by atoms with Gasteiger partial charge in [0.25, 0.3) is 0 Å². The zero-order valence-electron chi connectivity index (χ0n) is 12.7. The van der Waals surface area contributed by atoms with Gasteiger partial charge in [-0.3, -0.25) is 4.90 Å². The average molecular weight is 254 g/mol. The van der Waals surface area contributed by atoms with Crippen molar-refractivity contribution >= 4 is 0 Å². The molecular weight excluding hydrogens is 224 g/mol. The first kappa shape index (κ1) is 14.3. The maximum atomic E-state index is 5.87. The molecule has 2 unspecified atom stereocenters. The second-order valence-corrected chi connectivity index (χ2v) is 7.08. The maximum absolute atomic E-state index is 5.87. The summed E-state index contributed by atoms with van der Waals surface area (Å²) in [4.78, 5) is 2.67. The molecule has 3 heteroatoms. The topological polar surface area (TPSA) is 24.5 Å². The van der Waals surface area contributed by atoms with Crippen LogP contribution >= 0.6 is 0 Å². The second kappa shape index (κ2) is 5.48. The molecule has 0 aromatic carbocycles. The highest BCUT2D eigenvalue weighted by molar-refractivity contribution is 4.95. The van der Waals surface area contributed by atoms with Gasteiger partial charge in [-0.2, -0.15) is 0 Å². The second-order valence-electron chi connectivity index (χ2n) is 7.08. The number of hydrogen-bond donors (Lipinski definition) is 1. The zero-order chi connectivity index (χ0) is 13.3. The molecule has 0 spiro atoms. The Balaban J connectivity index is 2.07. The maximum Gasteiger partial charge on any atom is 0.0678 e. The highest BCUT2D eigenvalue weighted by atomic mass is 16.5. The molecule has 18 heavy (non-hydrogen) atoms. The van der Waals surface area contributed by atoms with E-state index in [2.05, 4.69) is 45.0 Å². The van der Waals surface area contributed by atoms with E-state index in [4.69, 9.17) is 4.74 Å². The first-order chi connectivity index (χ1) is 8.41. The van der Waals surface area contributed by atoms with E-state index in [1.54, 1.807) is 0 Å². The molecule has 0 aromatic heterocycles. The first-order valence-corrected chi connectivity index (χ1v) is 7.48. The van der Waals surface area contributed by atoms with E-state index in [-0.39, 0.29) is 0 Å². The van der Waals surface area contributed by atoms with Gasteiger partial charge in [0.1, 0.15) is 0 Å². The molecule has 2 rings (SSSR count). The van der Waals surface area contributed by atoms with Crippen LogP contribution in [0.25, 0.3) is 0 Å². The van der Waals surface area contributed by atoms with Crippen LogP contribution in [0.3, 0.4) is 0 Å². The van der Waals surface area contributed by atoms with Gasteiger partial charge in [-0.15, -0.1) is 0 Å². The van der Waals surface area contributed by atoms with Crippen molar-refractivity contribution in [3.8, 4) is 0 Å². The third-order valence-electron chi connectivity index (χ3n) is 4.65. The van der Waals surface area contributed by atoms with Gasteiger partial charge in [-0.1, -0.05) is 13.8 Å². The van der Waals surface area contributed by atoms with E-state index in [0.29, 0.717) is 29.7 Å². The van der Waals surface area contributed by atoms with Crippen molar-refractivity contribution in [2.75, 3.05) is 20.1 Å². The van der Waals surface area contributed by atoms with Crippen LogP contribution in [0.5, 0.6) is 0 Å². The standard InChI is InChI=1S/C15H30N2O/c1-11-9-17(10-12(2)18-11)14-8-15(3,4)7-6-13(14)16-5/h11-14,16H,6-10H2,1-5H3/t11-,12+,13?,14?. The van der Waals surface area contributed by atoms with Gasteiger partial charge < -0.3 is 10.1 Å². The molecule has 1 N–H and O–H groups in total. The normalized spacial score (nSPS) is 41.8. The third-order valence-corrected chi connectivity index (χ3v) is 4.65. The lowest BCUT2D eigenvalue weighted by Crippen LogP contribution is -2.59. The molecule has 2 aliphatic rings. The van der Waals surface area contributed by atoms with E-state index in [9.17, 15) is 0 Å². The van der Waals surface area contributed by atoms with Gasteiger partial charge in [-0.05, 0) is 45.6 Å². The Morgan fingerprint density at radius 2 is 1.78 bits per heavy atom. The summed E-state index contributed by atoms with van der Waals surface area (Å²) in [5.74, 6) is 0. The van der Waals surface area contributed by atoms with Crippen LogP contribution in [-0.4, -0.2) is 49.3 Å². The van der Waals surface area contributed by atoms with Crippen molar-refractivity contribution in [3.63, 3.8) is 0 Å². The van der Waals surface area contributed by atoms with E-state index in [1.807, 2.05) is 0 Å². The van der Waals surface area contributed by atoms with Crippen LogP contribution in [0.1, 0.15) is 47.0 Å². The van der Waals surface area contributed by atoms with Crippen LogP contribution in [0.15, 0.2) is 0 Å². The Bertz CT molecular complexity index is 270. The molecule has 1 heterocycles. The third kappa shape index (κ3) is 3.25. The van der Waals surface area contributed by atoms with Crippen molar-refractivity contribution < 1.29 is 4.74 Å². The number of nitrogens with zero attached hydrogens (tertiary/aromatic N) is 1. The molecule has 1 saturated heterocycles. The highest BCUT2D eigenvalue weighted by Gasteiger charge is 2.39. The molecule has 0 aromatic rings. The van der Waals surface area contributed by atoms with Crippen LogP contribution in [0.2, 0.25) is 0 Å². The van der Waals surface area contributed by atoms with Gasteiger partial charge >= 0.3 is 0 Å². The summed E-state index contributed by atoms with van der Waals surface area (Å²) in [6.07, 6.45) is 4.68. The van der Waals surface area contributed by atoms with Gasteiger partial charge in [0.15, 0.2) is 0 Å². The summed E-state index contributed by atoms with van der Waals surface area (Å²) in [5.41, 5.74) is 0.489. The van der Waals surface area contributed by atoms with E-state index in [0.717, 1.165) is 13.1 Å². The predicted octanol–water partition coefficient (Wildman–Crippen LogP) is 2.26. The Kier molecular flexibility index (Phi) is 4.35. The fourth-order valence-corrected chi connectivity index (χ4v) is 3.76. The van der Waals surface area contributed by atoms with E-state index in [1.165, 1.54) is 19.3 Å². The van der Waals surface area contributed by atoms with Crippen LogP contribution in [-0.2, 0) is 4.74 Å². The van der Waals surface area contributed by atoms with Crippen molar-refractivity contribution in [3.05, 3.63) is 0 Å². The van der Waals surface area contributed by atoms with Gasteiger partial charge in [0.2, 0.25) is 0 Å². The van der Waals surface area contributed by atoms with Gasteiger partial charge in [0.05, 0.1) is 12.2 Å². The summed E-state index contributed by atoms with van der Waals surface area (Å²) in [6.45, 7) is 11.4. The minimum Gasteiger partial charge on any atom is -0.373 e. The van der Waals surface area contributed by atoms with Crippen molar-refractivity contribution in [2.24, 2.45) is 5.41 Å². The number of ether oxygens (including phenoxy) is 1. The minimum absolute atomic E-state index is 0.372. The molecule has 4 atom stereocenters. The molecule has 0 bridgehead atoms. The molecule has 1 aliphatic carbocycles. The van der Waals surface area contributed by atoms with Crippen molar-refractivity contribution in [1.82, 2.24) is 10.2 Å². The molecule has 106 valence electrons. The number of nitrogens with one attached hydrogen (secondary N) is 1. The molecular formula is C15H30N2O. The van der Waals surface area contributed by atoms with Crippen LogP contribution < -0.4 is 5.32 Å². The lowest BCUT2D eigenvalue weighted by Gasteiger charge is -2.49. The van der Waals surface area contributed by atoms with Gasteiger partial charge in [0, 0.05) is 25.2 Å². The minimum atomic E-state index is 0.372. The van der Waals surface area contributed by atoms with Gasteiger partial charge in [-0.25, -0.2) is 0 Å². The van der Waals surface area contributed by atoms with E-state index < -0.39 is 0 Å². The molecule has 0 amide bonds. The Morgan fingerprint density at radius 1 is 1.17 bits per heavy atom. The fourth-order valence-electron chi connectivity index (χ4n) is 3.76. The largest absolute Gasteiger partial charge is 0.373 e. The lowest BCUT2D eigenvalue weighted by molar-refractivity contribution is -0.0937. The summed E-state index contributed by atoms with van der Waals surface area (Å²) in [5, 5.41) is 3.54. The van der Waals surface area contributed by atoms with E-state index >= 15 is 0 Å². The van der Waals surface area contributed by atoms with Crippen molar-refractivity contribution in [1.29, 1.82) is 0 Å². The molecule has 1 saturated carbocycles. The van der Waals surface area contributed by atoms with Crippen molar-refractivity contribution in [2.45, 2.75) is 71.2 Å². The Morgan fingerprint density at radius 3 is 2.33 bits per heavy atom. The Hall–Kier alpha value is -0.120. The fraction of sp³-hybridized carbons (Fsp3) is 1.00. The quantitative estimate of drug-likeness (QED) is 0.818. The highest BCUT2D eigenvalue weighted by Crippen LogP contribution is 2.38. The summed E-state index contributed by atoms with van der Waals surface area (Å²) in [6, 6.07) is 1.32. The number of morpholine rings is 1. The SMILES string of the molecule is CNC1CCC(C)(C)CC1N1C[C@@H](C)O[C@@H](C)C1. The lowest BCUT2D eigenvalue weighted by atomic mass is 9.72. The number of rotatable bonds is 2. The van der Waals surface area contributed by atoms with Crippen LogP contribution in [0.4, 0.5) is 0 Å².